The SMILES string of the molecule is C=NCc1cc(F)ccc1O[C@@H]1C[C@H](n2ccc3c(C)ncnc32)C(O)C1O. The number of aryl methyl sites for hydroxylation is 1. The van der Waals surface area contributed by atoms with E-state index in [1.54, 1.807) is 0 Å². The van der Waals surface area contributed by atoms with E-state index in [1.807, 2.05) is 23.8 Å². The van der Waals surface area contributed by atoms with Gasteiger partial charge in [-0.2, -0.15) is 0 Å². The number of hydrogen-bond acceptors (Lipinski definition) is 6. The van der Waals surface area contributed by atoms with Crippen LogP contribution in [0, 0.1) is 12.7 Å². The van der Waals surface area contributed by atoms with Gasteiger partial charge in [-0.3, -0.25) is 4.99 Å². The third-order valence-electron chi connectivity index (χ3n) is 5.25. The fraction of sp³-hybridized carbons (Fsp3) is 0.350. The smallest absolute Gasteiger partial charge is 0.143 e. The Morgan fingerprint density at radius 3 is 2.89 bits per heavy atom. The van der Waals surface area contributed by atoms with E-state index >= 15 is 0 Å². The van der Waals surface area contributed by atoms with E-state index in [1.165, 1.54) is 24.5 Å². The molecule has 1 aromatic carbocycles. The van der Waals surface area contributed by atoms with Crippen LogP contribution in [0.1, 0.15) is 23.7 Å². The maximum atomic E-state index is 13.5. The number of aliphatic hydroxyl groups is 2. The van der Waals surface area contributed by atoms with Crippen LogP contribution in [0.3, 0.4) is 0 Å². The molecule has 4 atom stereocenters. The van der Waals surface area contributed by atoms with E-state index in [9.17, 15) is 14.6 Å². The number of aliphatic hydroxyl groups excluding tert-OH is 2. The van der Waals surface area contributed by atoms with Gasteiger partial charge in [-0.25, -0.2) is 14.4 Å². The third-order valence-corrected chi connectivity index (χ3v) is 5.25. The molecule has 28 heavy (non-hydrogen) atoms. The Balaban J connectivity index is 1.62. The van der Waals surface area contributed by atoms with Gasteiger partial charge in [0.1, 0.15) is 41.9 Å². The predicted molar refractivity (Wildman–Crippen MR) is 102 cm³/mol. The maximum Gasteiger partial charge on any atom is 0.143 e. The zero-order valence-corrected chi connectivity index (χ0v) is 15.4. The van der Waals surface area contributed by atoms with E-state index < -0.39 is 30.2 Å². The van der Waals surface area contributed by atoms with Crippen molar-refractivity contribution in [2.24, 2.45) is 4.99 Å². The minimum Gasteiger partial charge on any atom is -0.487 e. The van der Waals surface area contributed by atoms with E-state index in [2.05, 4.69) is 21.7 Å². The molecule has 2 aromatic heterocycles. The molecule has 0 radical (unpaired) electrons. The average molecular weight is 384 g/mol. The third kappa shape index (κ3) is 3.14. The molecule has 0 amide bonds. The molecular weight excluding hydrogens is 363 g/mol. The molecule has 1 aliphatic carbocycles. The average Bonchev–Trinajstić information content (AvgIpc) is 3.21. The number of ether oxygens (including phenoxy) is 1. The second-order valence-corrected chi connectivity index (χ2v) is 6.99. The Labute approximate surface area is 161 Å². The number of hydrogen-bond donors (Lipinski definition) is 2. The molecule has 1 fully saturated rings. The Morgan fingerprint density at radius 1 is 1.29 bits per heavy atom. The van der Waals surface area contributed by atoms with Crippen LogP contribution in [-0.2, 0) is 6.54 Å². The van der Waals surface area contributed by atoms with Crippen LogP contribution < -0.4 is 4.74 Å². The first-order valence-corrected chi connectivity index (χ1v) is 9.01. The van der Waals surface area contributed by atoms with Gasteiger partial charge in [0.2, 0.25) is 0 Å². The van der Waals surface area contributed by atoms with Crippen LogP contribution >= 0.6 is 0 Å². The van der Waals surface area contributed by atoms with E-state index in [-0.39, 0.29) is 6.54 Å². The van der Waals surface area contributed by atoms with Crippen molar-refractivity contribution in [2.75, 3.05) is 0 Å². The lowest BCUT2D eigenvalue weighted by molar-refractivity contribution is -0.0166. The summed E-state index contributed by atoms with van der Waals surface area (Å²) in [4.78, 5) is 12.3. The lowest BCUT2D eigenvalue weighted by atomic mass is 10.2. The summed E-state index contributed by atoms with van der Waals surface area (Å²) in [6.45, 7) is 5.52. The van der Waals surface area contributed by atoms with Crippen molar-refractivity contribution >= 4 is 17.8 Å². The Hall–Kier alpha value is -2.84. The van der Waals surface area contributed by atoms with Crippen molar-refractivity contribution in [3.05, 3.63) is 53.9 Å². The monoisotopic (exact) mass is 384 g/mol. The largest absolute Gasteiger partial charge is 0.487 e. The predicted octanol–water partition coefficient (Wildman–Crippen LogP) is 2.19. The Morgan fingerprint density at radius 2 is 2.11 bits per heavy atom. The lowest BCUT2D eigenvalue weighted by Gasteiger charge is -2.20. The van der Waals surface area contributed by atoms with Gasteiger partial charge in [-0.1, -0.05) is 0 Å². The molecule has 0 saturated heterocycles. The van der Waals surface area contributed by atoms with Gasteiger partial charge in [0, 0.05) is 23.6 Å². The van der Waals surface area contributed by atoms with Crippen molar-refractivity contribution in [3.8, 4) is 5.75 Å². The molecule has 3 aromatic rings. The van der Waals surface area contributed by atoms with Gasteiger partial charge >= 0.3 is 0 Å². The molecule has 146 valence electrons. The quantitative estimate of drug-likeness (QED) is 0.658. The van der Waals surface area contributed by atoms with Crippen LogP contribution in [0.4, 0.5) is 4.39 Å². The summed E-state index contributed by atoms with van der Waals surface area (Å²) < 4.78 is 21.3. The van der Waals surface area contributed by atoms with E-state index in [0.29, 0.717) is 23.4 Å². The summed E-state index contributed by atoms with van der Waals surface area (Å²) in [7, 11) is 0. The summed E-state index contributed by atoms with van der Waals surface area (Å²) in [5.74, 6) is 0.0194. The zero-order chi connectivity index (χ0) is 19.8. The molecule has 7 nitrogen and oxygen atoms in total. The molecule has 2 N–H and O–H groups in total. The maximum absolute atomic E-state index is 13.5. The first-order valence-electron chi connectivity index (χ1n) is 9.01. The number of nitrogens with zero attached hydrogens (tertiary/aromatic N) is 4. The van der Waals surface area contributed by atoms with Crippen LogP contribution in [0.25, 0.3) is 11.0 Å². The molecule has 8 heteroatoms. The number of aromatic nitrogens is 3. The first kappa shape index (κ1) is 18.5. The molecular formula is C20H21FN4O3. The fourth-order valence-corrected chi connectivity index (χ4v) is 3.80. The minimum atomic E-state index is -1.10. The summed E-state index contributed by atoms with van der Waals surface area (Å²) in [5.41, 5.74) is 2.08. The number of halogens is 1. The number of rotatable bonds is 5. The highest BCUT2D eigenvalue weighted by Gasteiger charge is 2.44. The Kier molecular flexibility index (Phi) is 4.82. The fourth-order valence-electron chi connectivity index (χ4n) is 3.80. The molecule has 2 unspecified atom stereocenters. The molecule has 0 aliphatic heterocycles. The lowest BCUT2D eigenvalue weighted by Crippen LogP contribution is -2.34. The van der Waals surface area contributed by atoms with Crippen molar-refractivity contribution < 1.29 is 19.3 Å². The molecule has 0 bridgehead atoms. The van der Waals surface area contributed by atoms with Gasteiger partial charge in [-0.05, 0) is 37.9 Å². The molecule has 2 heterocycles. The molecule has 1 saturated carbocycles. The van der Waals surface area contributed by atoms with Crippen molar-refractivity contribution in [1.29, 1.82) is 0 Å². The summed E-state index contributed by atoms with van der Waals surface area (Å²) in [6.07, 6.45) is 0.896. The van der Waals surface area contributed by atoms with Crippen LogP contribution in [0.15, 0.2) is 41.8 Å². The highest BCUT2D eigenvalue weighted by molar-refractivity contribution is 5.78. The number of aliphatic imine (C=N–C) groups is 1. The van der Waals surface area contributed by atoms with Gasteiger partial charge in [0.25, 0.3) is 0 Å². The number of fused-ring (bicyclic) bond motifs is 1. The second-order valence-electron chi connectivity index (χ2n) is 6.99. The van der Waals surface area contributed by atoms with Crippen molar-refractivity contribution in [3.63, 3.8) is 0 Å². The first-order chi connectivity index (χ1) is 13.5. The summed E-state index contributed by atoms with van der Waals surface area (Å²) in [5, 5.41) is 22.1. The zero-order valence-electron chi connectivity index (χ0n) is 15.4. The van der Waals surface area contributed by atoms with Gasteiger partial charge in [-0.15, -0.1) is 0 Å². The van der Waals surface area contributed by atoms with Crippen LogP contribution in [0.2, 0.25) is 0 Å². The topological polar surface area (TPSA) is 92.8 Å². The van der Waals surface area contributed by atoms with E-state index in [4.69, 9.17) is 4.74 Å². The van der Waals surface area contributed by atoms with Gasteiger partial charge in [0.15, 0.2) is 0 Å². The van der Waals surface area contributed by atoms with Gasteiger partial charge < -0.3 is 19.5 Å². The summed E-state index contributed by atoms with van der Waals surface area (Å²) in [6, 6.07) is 5.61. The highest BCUT2D eigenvalue weighted by atomic mass is 19.1. The molecule has 1 aliphatic rings. The summed E-state index contributed by atoms with van der Waals surface area (Å²) >= 11 is 0. The standard InChI is InChI=1S/C20H21FN4O3/c1-11-14-5-6-25(20(14)24-10-23-11)15-8-17(19(27)18(15)26)28-16-4-3-13(21)7-12(16)9-22-2/h3-7,10,15,17-19,26-27H,2,8-9H2,1H3/t15-,17+,18?,19?/m0/s1. The highest BCUT2D eigenvalue weighted by Crippen LogP contribution is 2.36. The minimum absolute atomic E-state index is 0.195. The molecule has 4 rings (SSSR count). The van der Waals surface area contributed by atoms with Crippen LogP contribution in [-0.4, -0.2) is 49.8 Å². The number of benzene rings is 1. The Bertz CT molecular complexity index is 1020. The van der Waals surface area contributed by atoms with E-state index in [0.717, 1.165) is 11.1 Å². The van der Waals surface area contributed by atoms with Gasteiger partial charge in [0.05, 0.1) is 18.3 Å². The molecule has 0 spiro atoms. The van der Waals surface area contributed by atoms with Crippen LogP contribution in [0.5, 0.6) is 5.75 Å². The van der Waals surface area contributed by atoms with Crippen molar-refractivity contribution in [2.45, 2.75) is 44.2 Å². The second kappa shape index (κ2) is 7.29. The van der Waals surface area contributed by atoms with Crippen molar-refractivity contribution in [1.82, 2.24) is 14.5 Å². The normalized spacial score (nSPS) is 24.6.